The Morgan fingerprint density at radius 3 is 2.65 bits per heavy atom. The van der Waals surface area contributed by atoms with Crippen LogP contribution in [0, 0.1) is 0 Å². The first-order chi connectivity index (χ1) is 9.61. The van der Waals surface area contributed by atoms with Gasteiger partial charge in [0, 0.05) is 6.20 Å². The van der Waals surface area contributed by atoms with Crippen molar-refractivity contribution in [2.24, 2.45) is 0 Å². The van der Waals surface area contributed by atoms with Crippen molar-refractivity contribution in [1.82, 2.24) is 10.3 Å². The van der Waals surface area contributed by atoms with Crippen LogP contribution in [-0.4, -0.2) is 18.1 Å². The van der Waals surface area contributed by atoms with Gasteiger partial charge in [-0.2, -0.15) is 0 Å². The molecule has 0 aliphatic carbocycles. The van der Waals surface area contributed by atoms with E-state index in [1.54, 1.807) is 6.20 Å². The van der Waals surface area contributed by atoms with Crippen molar-refractivity contribution in [3.05, 3.63) is 58.9 Å². The van der Waals surface area contributed by atoms with Gasteiger partial charge in [-0.05, 0) is 50.7 Å². The largest absolute Gasteiger partial charge is 0.491 e. The summed E-state index contributed by atoms with van der Waals surface area (Å²) in [6.45, 7) is 4.02. The van der Waals surface area contributed by atoms with Gasteiger partial charge in [0.15, 0.2) is 0 Å². The van der Waals surface area contributed by atoms with E-state index in [9.17, 15) is 0 Å². The van der Waals surface area contributed by atoms with Crippen molar-refractivity contribution >= 4 is 11.6 Å². The van der Waals surface area contributed by atoms with Gasteiger partial charge in [0.05, 0.1) is 22.9 Å². The molecule has 1 heterocycles. The van der Waals surface area contributed by atoms with Crippen molar-refractivity contribution in [3.8, 4) is 5.75 Å². The molecular formula is C16H19ClN2O. The first kappa shape index (κ1) is 14.8. The summed E-state index contributed by atoms with van der Waals surface area (Å²) in [6, 6.07) is 11.6. The highest BCUT2D eigenvalue weighted by Gasteiger charge is 2.17. The van der Waals surface area contributed by atoms with E-state index in [2.05, 4.69) is 10.3 Å². The third-order valence-corrected chi connectivity index (χ3v) is 3.23. The molecule has 1 N–H and O–H groups in total. The van der Waals surface area contributed by atoms with Gasteiger partial charge < -0.3 is 10.1 Å². The molecule has 0 aliphatic heterocycles. The minimum absolute atomic E-state index is 0.0561. The lowest BCUT2D eigenvalue weighted by Crippen LogP contribution is -2.19. The monoisotopic (exact) mass is 290 g/mol. The van der Waals surface area contributed by atoms with Crippen LogP contribution in [0.15, 0.2) is 42.6 Å². The van der Waals surface area contributed by atoms with Crippen molar-refractivity contribution in [2.45, 2.75) is 26.0 Å². The Balaban J connectivity index is 2.35. The smallest absolute Gasteiger partial charge is 0.120 e. The molecule has 0 amide bonds. The fraction of sp³-hybridized carbons (Fsp3) is 0.312. The molecule has 0 bridgehead atoms. The topological polar surface area (TPSA) is 34.1 Å². The molecule has 1 unspecified atom stereocenters. The maximum atomic E-state index is 6.24. The quantitative estimate of drug-likeness (QED) is 0.909. The summed E-state index contributed by atoms with van der Waals surface area (Å²) >= 11 is 6.24. The van der Waals surface area contributed by atoms with Gasteiger partial charge in [-0.1, -0.05) is 23.7 Å². The molecule has 0 fully saturated rings. The third-order valence-electron chi connectivity index (χ3n) is 2.91. The van der Waals surface area contributed by atoms with E-state index in [0.29, 0.717) is 5.02 Å². The average molecular weight is 291 g/mol. The van der Waals surface area contributed by atoms with Crippen molar-refractivity contribution in [1.29, 1.82) is 0 Å². The molecule has 0 spiro atoms. The predicted octanol–water partition coefficient (Wildman–Crippen LogP) is 3.83. The minimum atomic E-state index is -0.0561. The third kappa shape index (κ3) is 3.50. The van der Waals surface area contributed by atoms with E-state index < -0.39 is 0 Å². The van der Waals surface area contributed by atoms with E-state index in [4.69, 9.17) is 16.3 Å². The predicted molar refractivity (Wildman–Crippen MR) is 82.4 cm³/mol. The highest BCUT2D eigenvalue weighted by molar-refractivity contribution is 6.31. The number of nitrogens with one attached hydrogen (secondary N) is 1. The normalized spacial score (nSPS) is 12.4. The van der Waals surface area contributed by atoms with Crippen LogP contribution in [0.5, 0.6) is 5.75 Å². The summed E-state index contributed by atoms with van der Waals surface area (Å²) in [6.07, 6.45) is 1.90. The van der Waals surface area contributed by atoms with Crippen LogP contribution in [0.3, 0.4) is 0 Å². The summed E-state index contributed by atoms with van der Waals surface area (Å²) in [5.41, 5.74) is 1.89. The Labute approximate surface area is 124 Å². The number of hydrogen-bond acceptors (Lipinski definition) is 3. The van der Waals surface area contributed by atoms with Crippen molar-refractivity contribution in [3.63, 3.8) is 0 Å². The molecule has 1 aromatic carbocycles. The summed E-state index contributed by atoms with van der Waals surface area (Å²) in [5, 5.41) is 3.91. The van der Waals surface area contributed by atoms with E-state index in [0.717, 1.165) is 17.0 Å². The van der Waals surface area contributed by atoms with Gasteiger partial charge in [0.25, 0.3) is 0 Å². The van der Waals surface area contributed by atoms with E-state index in [-0.39, 0.29) is 12.1 Å². The van der Waals surface area contributed by atoms with Gasteiger partial charge in [-0.3, -0.25) is 4.98 Å². The lowest BCUT2D eigenvalue weighted by molar-refractivity contribution is 0.242. The fourth-order valence-corrected chi connectivity index (χ4v) is 2.34. The lowest BCUT2D eigenvalue weighted by Gasteiger charge is -2.18. The first-order valence-corrected chi connectivity index (χ1v) is 7.04. The van der Waals surface area contributed by atoms with Gasteiger partial charge >= 0.3 is 0 Å². The summed E-state index contributed by atoms with van der Waals surface area (Å²) in [5.74, 6) is 0.852. The van der Waals surface area contributed by atoms with E-state index in [1.165, 1.54) is 0 Å². The zero-order valence-electron chi connectivity index (χ0n) is 11.9. The number of hydrogen-bond donors (Lipinski definition) is 1. The molecule has 1 aromatic heterocycles. The summed E-state index contributed by atoms with van der Waals surface area (Å²) in [7, 11) is 1.89. The molecule has 0 radical (unpaired) electrons. The van der Waals surface area contributed by atoms with Crippen molar-refractivity contribution < 1.29 is 4.74 Å². The zero-order chi connectivity index (χ0) is 14.5. The molecule has 20 heavy (non-hydrogen) atoms. The van der Waals surface area contributed by atoms with Gasteiger partial charge in [0.2, 0.25) is 0 Å². The van der Waals surface area contributed by atoms with Crippen LogP contribution in [0.25, 0.3) is 0 Å². The molecule has 4 heteroatoms. The summed E-state index contributed by atoms with van der Waals surface area (Å²) < 4.78 is 5.73. The first-order valence-electron chi connectivity index (χ1n) is 6.66. The molecule has 2 aromatic rings. The molecule has 1 atom stereocenters. The van der Waals surface area contributed by atoms with Crippen molar-refractivity contribution in [2.75, 3.05) is 7.05 Å². The number of nitrogens with zero attached hydrogens (tertiary/aromatic N) is 1. The molecule has 0 aliphatic rings. The molecule has 0 saturated heterocycles. The van der Waals surface area contributed by atoms with Crippen LogP contribution in [-0.2, 0) is 0 Å². The van der Waals surface area contributed by atoms with E-state index >= 15 is 0 Å². The SMILES string of the molecule is CNC(c1cccc(OC(C)C)c1)c1ncccc1Cl. The Morgan fingerprint density at radius 2 is 2.00 bits per heavy atom. The highest BCUT2D eigenvalue weighted by atomic mass is 35.5. The standard InChI is InChI=1S/C16H19ClN2O/c1-11(2)20-13-7-4-6-12(10-13)15(18-3)16-14(17)8-5-9-19-16/h4-11,15,18H,1-3H3. The number of benzene rings is 1. The second-order valence-corrected chi connectivity index (χ2v) is 5.24. The minimum Gasteiger partial charge on any atom is -0.491 e. The number of rotatable bonds is 5. The maximum Gasteiger partial charge on any atom is 0.120 e. The van der Waals surface area contributed by atoms with Gasteiger partial charge in [0.1, 0.15) is 5.75 Å². The molecule has 0 saturated carbocycles. The van der Waals surface area contributed by atoms with Crippen LogP contribution in [0.4, 0.5) is 0 Å². The van der Waals surface area contributed by atoms with Crippen LogP contribution in [0.1, 0.15) is 31.1 Å². The van der Waals surface area contributed by atoms with Crippen LogP contribution in [0.2, 0.25) is 5.02 Å². The van der Waals surface area contributed by atoms with Gasteiger partial charge in [-0.25, -0.2) is 0 Å². The number of aromatic nitrogens is 1. The Kier molecular flexibility index (Phi) is 4.99. The Morgan fingerprint density at radius 1 is 1.20 bits per heavy atom. The number of ether oxygens (including phenoxy) is 1. The fourth-order valence-electron chi connectivity index (χ4n) is 2.11. The number of halogens is 1. The second-order valence-electron chi connectivity index (χ2n) is 4.83. The highest BCUT2D eigenvalue weighted by Crippen LogP contribution is 2.28. The zero-order valence-corrected chi connectivity index (χ0v) is 12.7. The Hall–Kier alpha value is -1.58. The van der Waals surface area contributed by atoms with E-state index in [1.807, 2.05) is 57.3 Å². The summed E-state index contributed by atoms with van der Waals surface area (Å²) in [4.78, 5) is 4.38. The molecule has 2 rings (SSSR count). The second kappa shape index (κ2) is 6.73. The van der Waals surface area contributed by atoms with Crippen LogP contribution >= 0.6 is 11.6 Å². The molecular weight excluding hydrogens is 272 g/mol. The van der Waals surface area contributed by atoms with Crippen LogP contribution < -0.4 is 10.1 Å². The van der Waals surface area contributed by atoms with Gasteiger partial charge in [-0.15, -0.1) is 0 Å². The maximum absolute atomic E-state index is 6.24. The Bertz CT molecular complexity index is 572. The lowest BCUT2D eigenvalue weighted by atomic mass is 10.0. The average Bonchev–Trinajstić information content (AvgIpc) is 2.41. The number of pyridine rings is 1. The molecule has 3 nitrogen and oxygen atoms in total. The molecule has 106 valence electrons.